The molecule has 7 N–H and O–H groups in total. The summed E-state index contributed by atoms with van der Waals surface area (Å²) in [5.74, 6) is -11.3. The predicted molar refractivity (Wildman–Crippen MR) is 387 cm³/mol. The largest absolute Gasteiger partial charge is 0.478 e. The third kappa shape index (κ3) is 26.6. The highest BCUT2D eigenvalue weighted by Gasteiger charge is 2.46. The normalized spacial score (nSPS) is 24.3. The first-order valence-electron chi connectivity index (χ1n) is 36.3. The second kappa shape index (κ2) is 42.0. The van der Waals surface area contributed by atoms with Gasteiger partial charge in [0.05, 0.1) is 18.2 Å². The van der Waals surface area contributed by atoms with Crippen LogP contribution in [0.15, 0.2) is 24.3 Å². The number of nitrogens with one attached hydrogen (secondary N) is 5. The Balaban J connectivity index is 2.86. The lowest BCUT2D eigenvalue weighted by molar-refractivity contribution is -0.157. The Morgan fingerprint density at radius 2 is 0.941 bits per heavy atom. The van der Waals surface area contributed by atoms with Gasteiger partial charge in [-0.05, 0) is 131 Å². The van der Waals surface area contributed by atoms with Crippen molar-refractivity contribution in [3.8, 4) is 0 Å². The molecule has 0 aliphatic carbocycles. The molecule has 0 radical (unpaired) electrons. The maximum atomic E-state index is 15.4. The van der Waals surface area contributed by atoms with E-state index in [9.17, 15) is 53.4 Å². The number of hydrogen-bond acceptors (Lipinski definition) is 14. The van der Waals surface area contributed by atoms with E-state index in [0.717, 1.165) is 22.6 Å². The van der Waals surface area contributed by atoms with Gasteiger partial charge in [0.1, 0.15) is 60.4 Å². The van der Waals surface area contributed by atoms with Gasteiger partial charge in [-0.25, -0.2) is 4.79 Å². The first-order chi connectivity index (χ1) is 46.9. The number of carboxylic acid groups (broad SMARTS) is 1. The average Bonchev–Trinajstić information content (AvgIpc) is 0.801. The minimum Gasteiger partial charge on any atom is -0.478 e. The molecule has 1 aromatic carbocycles. The molecule has 0 spiro atoms. The molecule has 2 rings (SSSR count). The van der Waals surface area contributed by atoms with Gasteiger partial charge in [0.15, 0.2) is 0 Å². The summed E-state index contributed by atoms with van der Waals surface area (Å²) in [5.41, 5.74) is 0.396. The monoisotopic (exact) mass is 1420 g/mol. The summed E-state index contributed by atoms with van der Waals surface area (Å²) in [7, 11) is 9.88. The van der Waals surface area contributed by atoms with Gasteiger partial charge >= 0.3 is 5.97 Å². The van der Waals surface area contributed by atoms with E-state index < -0.39 is 162 Å². The van der Waals surface area contributed by atoms with E-state index in [1.807, 2.05) is 55.4 Å². The molecule has 1 aromatic rings. The number of aliphatic hydroxyl groups excluding tert-OH is 1. The fourth-order valence-electron chi connectivity index (χ4n) is 12.7. The molecular formula is C74H126N12O15. The van der Waals surface area contributed by atoms with E-state index in [4.69, 9.17) is 0 Å². The maximum absolute atomic E-state index is 15.4. The molecule has 0 aromatic heterocycles. The molecule has 1 fully saturated rings. The molecule has 1 aliphatic heterocycles. The summed E-state index contributed by atoms with van der Waals surface area (Å²) in [6, 6.07) is -7.04. The van der Waals surface area contributed by atoms with E-state index in [1.54, 1.807) is 41.5 Å². The van der Waals surface area contributed by atoms with Crippen molar-refractivity contribution in [2.24, 2.45) is 41.4 Å². The van der Waals surface area contributed by atoms with Crippen LogP contribution < -0.4 is 26.6 Å². The van der Waals surface area contributed by atoms with Crippen LogP contribution in [0.3, 0.4) is 0 Å². The van der Waals surface area contributed by atoms with Crippen molar-refractivity contribution in [2.75, 3.05) is 62.4 Å². The molecule has 0 unspecified atom stereocenters. The molecule has 0 saturated carbocycles. The van der Waals surface area contributed by atoms with Gasteiger partial charge in [-0.3, -0.25) is 57.5 Å². The number of carboxylic acids is 1. The summed E-state index contributed by atoms with van der Waals surface area (Å²) >= 11 is 0. The SMILES string of the molecule is CC[C@@H]1NC(=O)[C@H]([C@H](O)[C@H](C)CCCCCCCNC(=O)c2ccc(C(=O)O)cc2)N(C)C(=O)[C@H](C(C)C)N(C)C(=O)[C@H](CC(C)C)N(C)C(=O)[C@H](CC(C)C)N(C)C(=O)[C@H](C)NC(=O)[C@@H](C)NC(=O)[C@@H](CCC(C)C)N(C)C(=O)[C@@H](C(C)C)NC(=O)[C@H](CC(C)C)N(C)C(=O)CN(C)C1=O. The Kier molecular flexibility index (Phi) is 37.2. The van der Waals surface area contributed by atoms with Crippen LogP contribution in [0, 0.1) is 41.4 Å². The molecule has 1 saturated heterocycles. The summed E-state index contributed by atoms with van der Waals surface area (Å²) in [6.07, 6.45) is 3.31. The molecule has 27 heteroatoms. The van der Waals surface area contributed by atoms with Crippen LogP contribution in [0.1, 0.15) is 209 Å². The van der Waals surface area contributed by atoms with Gasteiger partial charge in [-0.15, -0.1) is 0 Å². The Morgan fingerprint density at radius 3 is 1.45 bits per heavy atom. The van der Waals surface area contributed by atoms with Crippen LogP contribution in [0.25, 0.3) is 0 Å². The minimum atomic E-state index is -1.67. The standard InChI is InChI=1S/C74H126N12O15/c1-24-53-69(95)80(17)41-58(87)81(18)55(38-43(4)5)66(92)79-59(46(10)11)72(98)82(19)54(36-31-42(2)3)65(91)76-49(15)63(89)77-50(16)68(94)83(20)56(39-44(6)7)70(96)84(21)57(40-45(8)9)71(97)85(22)60(47(12)13)73(99)86(23)61(67(93)78-53)62(88)48(14)30-28-26-25-27-29-37-75-64(90)51-32-34-52(35-33-51)74(100)101/h32-35,42-50,53-57,59-62,88H,24-31,36-41H2,1-23H3,(H,75,90)(H,76,91)(H,77,89)(H,78,93)(H,79,92)(H,100,101)/t48-,49-,50+,53+,54-,55+,56+,57+,59-,60+,61+,62-/m1/s1. The third-order valence-electron chi connectivity index (χ3n) is 19.2. The fourth-order valence-corrected chi connectivity index (χ4v) is 12.7. The highest BCUT2D eigenvalue weighted by atomic mass is 16.4. The number of rotatable bonds is 24. The van der Waals surface area contributed by atoms with Crippen molar-refractivity contribution in [3.05, 3.63) is 35.4 Å². The lowest BCUT2D eigenvalue weighted by atomic mass is 9.90. The summed E-state index contributed by atoms with van der Waals surface area (Å²) < 4.78 is 0. The number of aromatic carboxylic acids is 1. The van der Waals surface area contributed by atoms with Crippen LogP contribution >= 0.6 is 0 Å². The molecular weight excluding hydrogens is 1300 g/mol. The van der Waals surface area contributed by atoms with Gasteiger partial charge in [0.2, 0.25) is 65.0 Å². The number of carbonyl (C=O) groups excluding carboxylic acids is 12. The van der Waals surface area contributed by atoms with E-state index in [0.29, 0.717) is 44.2 Å². The van der Waals surface area contributed by atoms with Crippen molar-refractivity contribution >= 4 is 76.9 Å². The van der Waals surface area contributed by atoms with Crippen LogP contribution in [0.2, 0.25) is 0 Å². The quantitative estimate of drug-likeness (QED) is 0.0657. The number of amides is 12. The van der Waals surface area contributed by atoms with E-state index in [2.05, 4.69) is 26.6 Å². The zero-order valence-electron chi connectivity index (χ0n) is 64.9. The molecule has 0 bridgehead atoms. The smallest absolute Gasteiger partial charge is 0.335 e. The summed E-state index contributed by atoms with van der Waals surface area (Å²) in [4.78, 5) is 195. The summed E-state index contributed by atoms with van der Waals surface area (Å²) in [5, 5.41) is 35.6. The van der Waals surface area contributed by atoms with Crippen LogP contribution in [-0.2, 0) is 52.7 Å². The van der Waals surface area contributed by atoms with Crippen molar-refractivity contribution in [3.63, 3.8) is 0 Å². The molecule has 572 valence electrons. The number of nitrogens with zero attached hydrogens (tertiary/aromatic N) is 7. The van der Waals surface area contributed by atoms with Gasteiger partial charge in [0, 0.05) is 61.4 Å². The van der Waals surface area contributed by atoms with Crippen molar-refractivity contribution in [1.29, 1.82) is 0 Å². The Labute approximate surface area is 601 Å². The number of unbranched alkanes of at least 4 members (excludes halogenated alkanes) is 4. The number of carbonyl (C=O) groups is 13. The molecule has 101 heavy (non-hydrogen) atoms. The van der Waals surface area contributed by atoms with Crippen LogP contribution in [-0.4, -0.2) is 250 Å². The first-order valence-corrected chi connectivity index (χ1v) is 36.3. The zero-order chi connectivity index (χ0) is 77.4. The fraction of sp³-hybridized carbons (Fsp3) is 0.743. The number of aliphatic hydroxyl groups is 1. The van der Waals surface area contributed by atoms with Crippen molar-refractivity contribution in [1.82, 2.24) is 60.9 Å². The van der Waals surface area contributed by atoms with Gasteiger partial charge in [0.25, 0.3) is 5.91 Å². The molecule has 12 amide bonds. The van der Waals surface area contributed by atoms with Gasteiger partial charge in [-0.1, -0.05) is 123 Å². The first kappa shape index (κ1) is 89.4. The predicted octanol–water partition coefficient (Wildman–Crippen LogP) is 5.16. The van der Waals surface area contributed by atoms with Crippen molar-refractivity contribution < 1.29 is 72.5 Å². The van der Waals surface area contributed by atoms with Crippen LogP contribution in [0.4, 0.5) is 0 Å². The number of hydrogen-bond donors (Lipinski definition) is 7. The molecule has 12 atom stereocenters. The topological polar surface area (TPSA) is 345 Å². The van der Waals surface area contributed by atoms with E-state index >= 15 is 19.2 Å². The third-order valence-corrected chi connectivity index (χ3v) is 19.2. The van der Waals surface area contributed by atoms with Gasteiger partial charge in [-0.2, -0.15) is 0 Å². The average molecular weight is 1420 g/mol. The highest BCUT2D eigenvalue weighted by molar-refractivity contribution is 6.00. The Morgan fingerprint density at radius 1 is 0.475 bits per heavy atom. The Hall–Kier alpha value is -7.71. The van der Waals surface area contributed by atoms with Crippen LogP contribution in [0.5, 0.6) is 0 Å². The van der Waals surface area contributed by atoms with Gasteiger partial charge < -0.3 is 71.1 Å². The lowest BCUT2D eigenvalue weighted by Gasteiger charge is -2.41. The second-order valence-electron chi connectivity index (χ2n) is 30.3. The van der Waals surface area contributed by atoms with Crippen molar-refractivity contribution in [2.45, 2.75) is 254 Å². The summed E-state index contributed by atoms with van der Waals surface area (Å²) in [6.45, 7) is 28.0. The van der Waals surface area contributed by atoms with E-state index in [-0.39, 0.29) is 67.2 Å². The maximum Gasteiger partial charge on any atom is 0.335 e. The lowest BCUT2D eigenvalue weighted by Crippen LogP contribution is -2.63. The molecule has 27 nitrogen and oxygen atoms in total. The Bertz CT molecular complexity index is 2960. The molecule has 1 aliphatic rings. The minimum absolute atomic E-state index is 0.0135. The molecule has 1 heterocycles. The number of benzene rings is 1. The zero-order valence-corrected chi connectivity index (χ0v) is 64.9. The van der Waals surface area contributed by atoms with E-state index in [1.165, 1.54) is 112 Å². The number of likely N-dealkylation sites (N-methyl/N-ethyl adjacent to an activating group) is 7. The second-order valence-corrected chi connectivity index (χ2v) is 30.3. The highest BCUT2D eigenvalue weighted by Crippen LogP contribution is 2.27.